The molecule has 210 valence electrons. The van der Waals surface area contributed by atoms with Gasteiger partial charge in [0.1, 0.15) is 5.75 Å². The second-order valence-electron chi connectivity index (χ2n) is 9.93. The maximum absolute atomic E-state index is 10.5. The summed E-state index contributed by atoms with van der Waals surface area (Å²) in [7, 11) is -2.33. The minimum Gasteiger partial charge on any atom is -0.497 e. The molecule has 0 heterocycles. The van der Waals surface area contributed by atoms with Gasteiger partial charge in [-0.3, -0.25) is 4.55 Å². The van der Waals surface area contributed by atoms with E-state index in [0.29, 0.717) is 22.0 Å². The first-order valence-corrected chi connectivity index (χ1v) is 15.2. The molecular weight excluding hydrogens is 565 g/mol. The smallest absolute Gasteiger partial charge is 0.294 e. The number of benzene rings is 4. The molecule has 1 aliphatic carbocycles. The van der Waals surface area contributed by atoms with E-state index in [0.717, 1.165) is 24.2 Å². The Morgan fingerprint density at radius 1 is 0.875 bits per heavy atom. The fraction of sp³-hybridized carbons (Fsp3) is 0.250. The number of halogens is 2. The number of aryl methyl sites for hydroxylation is 1. The molecule has 3 unspecified atom stereocenters. The fourth-order valence-electron chi connectivity index (χ4n) is 5.04. The number of rotatable bonds is 6. The van der Waals surface area contributed by atoms with E-state index >= 15 is 0 Å². The lowest BCUT2D eigenvalue weighted by molar-refractivity contribution is 0.400. The van der Waals surface area contributed by atoms with Crippen LogP contribution in [-0.2, 0) is 10.1 Å². The fourth-order valence-corrected chi connectivity index (χ4v) is 5.83. The van der Waals surface area contributed by atoms with Crippen LogP contribution in [0.25, 0.3) is 0 Å². The molecule has 40 heavy (non-hydrogen) atoms. The Morgan fingerprint density at radius 2 is 1.52 bits per heavy atom. The maximum Gasteiger partial charge on any atom is 0.294 e. The van der Waals surface area contributed by atoms with Crippen LogP contribution in [-0.4, -0.2) is 20.1 Å². The van der Waals surface area contributed by atoms with Crippen molar-refractivity contribution in [2.24, 2.45) is 0 Å². The third-order valence-electron chi connectivity index (χ3n) is 7.22. The summed E-state index contributed by atoms with van der Waals surface area (Å²) in [6, 6.07) is 29.6. The summed E-state index contributed by atoms with van der Waals surface area (Å²) in [6.07, 6.45) is 2.14. The van der Waals surface area contributed by atoms with Crippen molar-refractivity contribution in [1.29, 1.82) is 0 Å². The van der Waals surface area contributed by atoms with Gasteiger partial charge in [0.15, 0.2) is 0 Å². The van der Waals surface area contributed by atoms with Crippen LogP contribution >= 0.6 is 23.2 Å². The van der Waals surface area contributed by atoms with E-state index in [1.165, 1.54) is 34.4 Å². The number of nitrogens with one attached hydrogen (secondary N) is 1. The van der Waals surface area contributed by atoms with Gasteiger partial charge in [-0.15, -0.1) is 0 Å². The second-order valence-corrected chi connectivity index (χ2v) is 12.2. The molecule has 2 N–H and O–H groups in total. The zero-order chi connectivity index (χ0) is 28.9. The Morgan fingerprint density at radius 3 is 2.12 bits per heavy atom. The standard InChI is InChI=1S/C25H25Cl2NO.C7H8O3S/c1-16(17-7-10-19(29-2)11-8-17)28-25-14-12-20(21-5-3-4-6-22(21)25)18-9-13-23(26)24(27)15-18;1-6-2-4-7(5-3-6)11(8,9)10/h3-11,13,15-16,20,25,28H,12,14H2,1-2H3;2-5H,1H3,(H,8,9,10). The summed E-state index contributed by atoms with van der Waals surface area (Å²) in [6.45, 7) is 4.06. The largest absolute Gasteiger partial charge is 0.497 e. The van der Waals surface area contributed by atoms with Gasteiger partial charge in [0, 0.05) is 18.0 Å². The summed E-state index contributed by atoms with van der Waals surface area (Å²) in [5.74, 6) is 1.23. The average Bonchev–Trinajstić information content (AvgIpc) is 2.95. The van der Waals surface area contributed by atoms with Gasteiger partial charge in [-0.2, -0.15) is 8.42 Å². The van der Waals surface area contributed by atoms with Crippen LogP contribution < -0.4 is 10.1 Å². The van der Waals surface area contributed by atoms with Crippen molar-refractivity contribution in [3.8, 4) is 5.75 Å². The highest BCUT2D eigenvalue weighted by molar-refractivity contribution is 7.85. The Labute approximate surface area is 246 Å². The monoisotopic (exact) mass is 597 g/mol. The van der Waals surface area contributed by atoms with Gasteiger partial charge in [0.2, 0.25) is 0 Å². The molecule has 5 rings (SSSR count). The molecule has 0 saturated carbocycles. The molecule has 0 bridgehead atoms. The van der Waals surface area contributed by atoms with Crippen molar-refractivity contribution in [3.63, 3.8) is 0 Å². The van der Waals surface area contributed by atoms with Gasteiger partial charge in [-0.25, -0.2) is 0 Å². The number of hydrogen-bond acceptors (Lipinski definition) is 4. The maximum atomic E-state index is 10.5. The molecule has 4 aromatic carbocycles. The van der Waals surface area contributed by atoms with Gasteiger partial charge in [0.25, 0.3) is 10.1 Å². The summed E-state index contributed by atoms with van der Waals surface area (Å²) in [5, 5.41) is 5.06. The summed E-state index contributed by atoms with van der Waals surface area (Å²) in [4.78, 5) is -0.0666. The van der Waals surface area contributed by atoms with E-state index in [4.69, 9.17) is 32.5 Å². The molecule has 0 aromatic heterocycles. The molecule has 0 saturated heterocycles. The average molecular weight is 599 g/mol. The van der Waals surface area contributed by atoms with Crippen molar-refractivity contribution < 1.29 is 17.7 Å². The normalized spacial score (nSPS) is 17.2. The third-order valence-corrected chi connectivity index (χ3v) is 8.83. The number of methoxy groups -OCH3 is 1. The third kappa shape index (κ3) is 7.45. The summed E-state index contributed by atoms with van der Waals surface area (Å²) >= 11 is 12.4. The van der Waals surface area contributed by atoms with Crippen LogP contribution in [0.5, 0.6) is 5.75 Å². The molecule has 8 heteroatoms. The van der Waals surface area contributed by atoms with Gasteiger partial charge < -0.3 is 10.1 Å². The number of fused-ring (bicyclic) bond motifs is 1. The molecule has 0 aliphatic heterocycles. The molecule has 5 nitrogen and oxygen atoms in total. The lowest BCUT2D eigenvalue weighted by atomic mass is 9.76. The Balaban J connectivity index is 0.000000283. The SMILES string of the molecule is COc1ccc(C(C)NC2CCC(c3ccc(Cl)c(Cl)c3)c3ccccc32)cc1.Cc1ccc(S(=O)(=O)O)cc1. The molecule has 0 fully saturated rings. The first-order chi connectivity index (χ1) is 19.1. The van der Waals surface area contributed by atoms with Crippen LogP contribution in [0.3, 0.4) is 0 Å². The van der Waals surface area contributed by atoms with Gasteiger partial charge >= 0.3 is 0 Å². The molecule has 4 aromatic rings. The topological polar surface area (TPSA) is 75.6 Å². The lowest BCUT2D eigenvalue weighted by Gasteiger charge is -2.34. The van der Waals surface area contributed by atoms with E-state index in [-0.39, 0.29) is 10.9 Å². The zero-order valence-corrected chi connectivity index (χ0v) is 25.0. The highest BCUT2D eigenvalue weighted by atomic mass is 35.5. The Kier molecular flexibility index (Phi) is 9.93. The van der Waals surface area contributed by atoms with Gasteiger partial charge in [0.05, 0.1) is 22.1 Å². The minimum absolute atomic E-state index is 0.0666. The Bertz CT molecular complexity index is 1540. The minimum atomic E-state index is -4.02. The first-order valence-electron chi connectivity index (χ1n) is 13.0. The van der Waals surface area contributed by atoms with E-state index < -0.39 is 10.1 Å². The van der Waals surface area contributed by atoms with Crippen molar-refractivity contribution >= 4 is 33.3 Å². The van der Waals surface area contributed by atoms with Crippen LogP contribution in [0.4, 0.5) is 0 Å². The van der Waals surface area contributed by atoms with Crippen LogP contribution in [0.2, 0.25) is 10.0 Å². The Hall–Kier alpha value is -2.87. The zero-order valence-electron chi connectivity index (χ0n) is 22.6. The molecule has 1 aliphatic rings. The molecule has 0 spiro atoms. The lowest BCUT2D eigenvalue weighted by Crippen LogP contribution is -2.29. The van der Waals surface area contributed by atoms with Crippen molar-refractivity contribution in [3.05, 3.63) is 129 Å². The van der Waals surface area contributed by atoms with Crippen molar-refractivity contribution in [2.45, 2.75) is 49.6 Å². The van der Waals surface area contributed by atoms with Crippen LogP contribution in [0.1, 0.15) is 65.6 Å². The van der Waals surface area contributed by atoms with E-state index in [1.807, 2.05) is 31.2 Å². The predicted octanol–water partition coefficient (Wildman–Crippen LogP) is 8.56. The van der Waals surface area contributed by atoms with Crippen LogP contribution in [0.15, 0.2) is 95.9 Å². The van der Waals surface area contributed by atoms with Crippen molar-refractivity contribution in [1.82, 2.24) is 5.32 Å². The first kappa shape index (κ1) is 30.1. The molecular formula is C32H33Cl2NO4S. The highest BCUT2D eigenvalue weighted by Crippen LogP contribution is 2.43. The molecule has 0 radical (unpaired) electrons. The predicted molar refractivity (Wildman–Crippen MR) is 162 cm³/mol. The summed E-state index contributed by atoms with van der Waals surface area (Å²) in [5.41, 5.74) is 6.19. The van der Waals surface area contributed by atoms with Gasteiger partial charge in [-0.1, -0.05) is 83.4 Å². The quantitative estimate of drug-likeness (QED) is 0.218. The van der Waals surface area contributed by atoms with Crippen molar-refractivity contribution in [2.75, 3.05) is 7.11 Å². The number of hydrogen-bond donors (Lipinski definition) is 2. The van der Waals surface area contributed by atoms with E-state index in [1.54, 1.807) is 19.2 Å². The van der Waals surface area contributed by atoms with E-state index in [2.05, 4.69) is 54.7 Å². The summed E-state index contributed by atoms with van der Waals surface area (Å²) < 4.78 is 34.8. The van der Waals surface area contributed by atoms with Gasteiger partial charge in [-0.05, 0) is 85.3 Å². The second kappa shape index (κ2) is 13.2. The highest BCUT2D eigenvalue weighted by Gasteiger charge is 2.29. The number of ether oxygens (including phenoxy) is 1. The molecule has 3 atom stereocenters. The van der Waals surface area contributed by atoms with Crippen LogP contribution in [0, 0.1) is 6.92 Å². The van der Waals surface area contributed by atoms with E-state index in [9.17, 15) is 8.42 Å². The molecule has 0 amide bonds.